The molecule has 1 aliphatic heterocycles. The molecule has 0 spiro atoms. The Kier molecular flexibility index (Phi) is 12.5. The number of terminal acetylenes is 1. The maximum atomic E-state index is 14.8. The summed E-state index contributed by atoms with van der Waals surface area (Å²) in [6, 6.07) is -3.25. The maximum Gasteiger partial charge on any atom is 0.315 e. The van der Waals surface area contributed by atoms with E-state index < -0.39 is 52.7 Å². The van der Waals surface area contributed by atoms with E-state index in [-0.39, 0.29) is 48.1 Å². The van der Waals surface area contributed by atoms with Crippen LogP contribution < -0.4 is 21.3 Å². The number of carbonyl (C=O) groups excluding carboxylic acids is 5. The fourth-order valence-corrected chi connectivity index (χ4v) is 8.62. The monoisotopic (exact) mass is 695 g/mol. The molecule has 278 valence electrons. The van der Waals surface area contributed by atoms with Gasteiger partial charge in [0.2, 0.25) is 17.6 Å². The second-order valence-electron chi connectivity index (χ2n) is 17.0. The Morgan fingerprint density at radius 1 is 0.980 bits per heavy atom. The van der Waals surface area contributed by atoms with Crippen molar-refractivity contribution in [2.24, 2.45) is 22.7 Å². The van der Waals surface area contributed by atoms with Gasteiger partial charge in [0, 0.05) is 19.5 Å². The predicted octanol–water partition coefficient (Wildman–Crippen LogP) is 4.40. The summed E-state index contributed by atoms with van der Waals surface area (Å²) in [6.45, 7) is 16.7. The number of piperidine rings is 1. The number of fused-ring (bicyclic) bond motifs is 1. The van der Waals surface area contributed by atoms with Crippen molar-refractivity contribution < 1.29 is 28.7 Å². The second-order valence-corrected chi connectivity index (χ2v) is 17.0. The fraction of sp³-hybridized carbons (Fsp3) is 0.769. The van der Waals surface area contributed by atoms with Gasteiger partial charge in [-0.05, 0) is 75.5 Å². The first-order chi connectivity index (χ1) is 23.5. The van der Waals surface area contributed by atoms with Crippen LogP contribution in [0.3, 0.4) is 0 Å². The van der Waals surface area contributed by atoms with Gasteiger partial charge in [-0.3, -0.25) is 19.2 Å². The van der Waals surface area contributed by atoms with Crippen molar-refractivity contribution in [3.63, 3.8) is 0 Å². The van der Waals surface area contributed by atoms with Crippen LogP contribution in [0.2, 0.25) is 0 Å². The van der Waals surface area contributed by atoms with Gasteiger partial charge in [0.15, 0.2) is 0 Å². The predicted molar refractivity (Wildman–Crippen MR) is 193 cm³/mol. The molecule has 4 N–H and O–H groups in total. The third-order valence-corrected chi connectivity index (χ3v) is 11.8. The van der Waals surface area contributed by atoms with Crippen molar-refractivity contribution in [1.29, 1.82) is 0 Å². The molecule has 0 aromatic rings. The lowest BCUT2D eigenvalue weighted by Crippen LogP contribution is -2.64. The van der Waals surface area contributed by atoms with Gasteiger partial charge in [0.05, 0.1) is 23.8 Å². The molecule has 4 aliphatic rings. The number of likely N-dealkylation sites (tertiary alicyclic amines) is 1. The van der Waals surface area contributed by atoms with Crippen LogP contribution in [0.1, 0.15) is 119 Å². The van der Waals surface area contributed by atoms with E-state index in [2.05, 4.69) is 54.5 Å². The standard InChI is InChI=1S/C39H61N5O6/c1-9-11-18-27(30(45)33(47)40-23-10-2)41-32(46)29-28-26(37(28,6)7)24-44(29)34(48)31(38(8)19-14-12-15-20-38)42-35(49)43-39(21-16-13-17-22-39)25-50-36(3,4)5/h1,10,26-29,31H,2,11-25H2,3-8H3,(H,40,47)(H,41,46)(H2,42,43,49)/t26-,27?,28-,29-,31+/m0/s1. The molecule has 5 atom stereocenters. The summed E-state index contributed by atoms with van der Waals surface area (Å²) in [5.41, 5.74) is -1.59. The van der Waals surface area contributed by atoms with Crippen molar-refractivity contribution in [2.45, 2.75) is 148 Å². The molecule has 0 aromatic heterocycles. The van der Waals surface area contributed by atoms with E-state index in [0.717, 1.165) is 64.2 Å². The number of nitrogens with zero attached hydrogens (tertiary/aromatic N) is 1. The van der Waals surface area contributed by atoms with E-state index in [0.29, 0.717) is 13.2 Å². The Hall–Kier alpha value is -3.39. The zero-order valence-corrected chi connectivity index (χ0v) is 31.3. The third-order valence-electron chi connectivity index (χ3n) is 11.8. The van der Waals surface area contributed by atoms with Crippen molar-refractivity contribution in [2.75, 3.05) is 19.7 Å². The van der Waals surface area contributed by atoms with E-state index in [1.807, 2.05) is 20.8 Å². The van der Waals surface area contributed by atoms with Gasteiger partial charge in [-0.1, -0.05) is 65.4 Å². The quantitative estimate of drug-likeness (QED) is 0.121. The smallest absolute Gasteiger partial charge is 0.315 e. The van der Waals surface area contributed by atoms with Gasteiger partial charge in [-0.2, -0.15) is 0 Å². The van der Waals surface area contributed by atoms with Crippen molar-refractivity contribution >= 4 is 29.5 Å². The lowest BCUT2D eigenvalue weighted by Gasteiger charge is -2.44. The molecule has 3 aliphatic carbocycles. The molecule has 50 heavy (non-hydrogen) atoms. The molecule has 1 saturated heterocycles. The minimum absolute atomic E-state index is 0.0871. The molecule has 3 saturated carbocycles. The molecule has 1 heterocycles. The lowest BCUT2D eigenvalue weighted by molar-refractivity contribution is -0.146. The van der Waals surface area contributed by atoms with Gasteiger partial charge in [0.1, 0.15) is 12.1 Å². The van der Waals surface area contributed by atoms with Gasteiger partial charge in [-0.25, -0.2) is 4.79 Å². The summed E-state index contributed by atoms with van der Waals surface area (Å²) in [4.78, 5) is 70.4. The number of hydrogen-bond donors (Lipinski definition) is 4. The average Bonchev–Trinajstić information content (AvgIpc) is 3.37. The average molecular weight is 696 g/mol. The maximum absolute atomic E-state index is 14.8. The summed E-state index contributed by atoms with van der Waals surface area (Å²) in [5.74, 6) is 0.0489. The van der Waals surface area contributed by atoms with Gasteiger partial charge < -0.3 is 30.9 Å². The van der Waals surface area contributed by atoms with Crippen LogP contribution >= 0.6 is 0 Å². The number of Topliss-reactive ketones (excluding diaryl/α,β-unsaturated/α-hetero) is 1. The van der Waals surface area contributed by atoms with E-state index >= 15 is 0 Å². The molecule has 4 fully saturated rings. The number of ketones is 1. The molecule has 0 bridgehead atoms. The number of hydrogen-bond acceptors (Lipinski definition) is 6. The van der Waals surface area contributed by atoms with Crippen LogP contribution in [0.25, 0.3) is 0 Å². The van der Waals surface area contributed by atoms with Crippen molar-refractivity contribution in [3.8, 4) is 12.3 Å². The number of nitrogens with one attached hydrogen (secondary N) is 4. The van der Waals surface area contributed by atoms with Crippen LogP contribution in [0.4, 0.5) is 4.79 Å². The topological polar surface area (TPSA) is 146 Å². The number of ether oxygens (including phenoxy) is 1. The first kappa shape index (κ1) is 39.4. The number of rotatable bonds is 14. The van der Waals surface area contributed by atoms with Crippen LogP contribution in [0.15, 0.2) is 12.7 Å². The summed E-state index contributed by atoms with van der Waals surface area (Å²) in [7, 11) is 0. The Labute approximate surface area is 299 Å². The molecular formula is C39H61N5O6. The molecule has 0 aromatic carbocycles. The highest BCUT2D eigenvalue weighted by molar-refractivity contribution is 6.38. The van der Waals surface area contributed by atoms with E-state index in [9.17, 15) is 24.0 Å². The zero-order valence-electron chi connectivity index (χ0n) is 31.3. The van der Waals surface area contributed by atoms with Gasteiger partial charge >= 0.3 is 6.03 Å². The summed E-state index contributed by atoms with van der Waals surface area (Å²) in [6.07, 6.45) is 16.4. The highest BCUT2D eigenvalue weighted by atomic mass is 16.5. The Morgan fingerprint density at radius 2 is 1.60 bits per heavy atom. The molecule has 4 rings (SSSR count). The first-order valence-corrected chi connectivity index (χ1v) is 18.7. The Balaban J connectivity index is 1.59. The number of amides is 5. The third kappa shape index (κ3) is 9.09. The fourth-order valence-electron chi connectivity index (χ4n) is 8.62. The number of carbonyl (C=O) groups is 5. The van der Waals surface area contributed by atoms with Crippen LogP contribution in [-0.4, -0.2) is 83.4 Å². The molecule has 1 unspecified atom stereocenters. The minimum atomic E-state index is -1.14. The highest BCUT2D eigenvalue weighted by Crippen LogP contribution is 2.65. The minimum Gasteiger partial charge on any atom is -0.373 e. The SMILES string of the molecule is C#CCCC(NC(=O)[C@@H]1[C@@H]2[C@H](CN1C(=O)[C@@H](NC(=O)NC1(COC(C)(C)C)CCCCC1)C1(C)CCCCC1)C2(C)C)C(=O)C(=O)NCC=C. The van der Waals surface area contributed by atoms with E-state index in [4.69, 9.17) is 11.2 Å². The highest BCUT2D eigenvalue weighted by Gasteiger charge is 2.70. The van der Waals surface area contributed by atoms with Gasteiger partial charge in [-0.15, -0.1) is 18.9 Å². The zero-order chi connectivity index (χ0) is 36.9. The van der Waals surface area contributed by atoms with Crippen LogP contribution in [-0.2, 0) is 23.9 Å². The normalized spacial score (nSPS) is 25.9. The largest absolute Gasteiger partial charge is 0.373 e. The van der Waals surface area contributed by atoms with Gasteiger partial charge in [0.25, 0.3) is 5.91 Å². The number of urea groups is 1. The molecule has 11 nitrogen and oxygen atoms in total. The Morgan fingerprint density at radius 3 is 2.18 bits per heavy atom. The first-order valence-electron chi connectivity index (χ1n) is 18.7. The van der Waals surface area contributed by atoms with Crippen molar-refractivity contribution in [3.05, 3.63) is 12.7 Å². The second kappa shape index (κ2) is 15.9. The molecule has 0 radical (unpaired) electrons. The van der Waals surface area contributed by atoms with E-state index in [1.54, 1.807) is 4.90 Å². The molecule has 5 amide bonds. The molecule has 11 heteroatoms. The summed E-state index contributed by atoms with van der Waals surface area (Å²) >= 11 is 0. The summed E-state index contributed by atoms with van der Waals surface area (Å²) in [5, 5.41) is 11.7. The van der Waals surface area contributed by atoms with Crippen LogP contribution in [0, 0.1) is 35.0 Å². The van der Waals surface area contributed by atoms with E-state index in [1.165, 1.54) is 6.08 Å². The van der Waals surface area contributed by atoms with Crippen LogP contribution in [0.5, 0.6) is 0 Å². The van der Waals surface area contributed by atoms with Crippen molar-refractivity contribution in [1.82, 2.24) is 26.2 Å². The summed E-state index contributed by atoms with van der Waals surface area (Å²) < 4.78 is 6.20. The lowest BCUT2D eigenvalue weighted by atomic mass is 9.70. The Bertz CT molecular complexity index is 1330. The molecular weight excluding hydrogens is 634 g/mol.